The standard InChI is InChI=1S/C7H11N2/c1-2-5-9-6-3-4-8-7-9/h3-5,7H,2,6H2,1H3. The molecule has 0 aromatic carbocycles. The van der Waals surface area contributed by atoms with Crippen molar-refractivity contribution < 1.29 is 0 Å². The highest BCUT2D eigenvalue weighted by Gasteiger charge is 1.96. The summed E-state index contributed by atoms with van der Waals surface area (Å²) in [4.78, 5) is 6.04. The Hall–Kier alpha value is -0.790. The van der Waals surface area contributed by atoms with Crippen molar-refractivity contribution >= 4 is 6.34 Å². The predicted molar refractivity (Wildman–Crippen MR) is 38.9 cm³/mol. The highest BCUT2D eigenvalue weighted by molar-refractivity contribution is 5.58. The average molecular weight is 123 g/mol. The van der Waals surface area contributed by atoms with E-state index in [0.717, 1.165) is 13.0 Å². The number of nitrogens with zero attached hydrogens (tertiary/aromatic N) is 2. The van der Waals surface area contributed by atoms with Gasteiger partial charge in [0, 0.05) is 12.7 Å². The molecule has 2 nitrogen and oxygen atoms in total. The van der Waals surface area contributed by atoms with E-state index >= 15 is 0 Å². The van der Waals surface area contributed by atoms with Crippen LogP contribution in [0.1, 0.15) is 13.3 Å². The minimum absolute atomic E-state index is 0.970. The van der Waals surface area contributed by atoms with Gasteiger partial charge < -0.3 is 4.90 Å². The second-order valence-corrected chi connectivity index (χ2v) is 1.94. The second-order valence-electron chi connectivity index (χ2n) is 1.94. The summed E-state index contributed by atoms with van der Waals surface area (Å²) in [6, 6.07) is 0. The third-order valence-electron chi connectivity index (χ3n) is 1.14. The first-order chi connectivity index (χ1) is 4.43. The first kappa shape index (κ1) is 6.33. The molecule has 1 heterocycles. The molecule has 0 atom stereocenters. The quantitative estimate of drug-likeness (QED) is 0.542. The molecule has 0 bridgehead atoms. The third-order valence-corrected chi connectivity index (χ3v) is 1.14. The first-order valence-corrected chi connectivity index (χ1v) is 3.21. The van der Waals surface area contributed by atoms with Crippen LogP contribution in [0.4, 0.5) is 0 Å². The van der Waals surface area contributed by atoms with Gasteiger partial charge >= 0.3 is 0 Å². The van der Waals surface area contributed by atoms with Gasteiger partial charge in [-0.3, -0.25) is 0 Å². The van der Waals surface area contributed by atoms with Crippen LogP contribution in [-0.2, 0) is 0 Å². The lowest BCUT2D eigenvalue weighted by Gasteiger charge is -2.16. The summed E-state index contributed by atoms with van der Waals surface area (Å²) in [7, 11) is 0. The molecule has 2 heteroatoms. The molecule has 0 spiro atoms. The summed E-state index contributed by atoms with van der Waals surface area (Å²) < 4.78 is 0. The molecule has 0 amide bonds. The van der Waals surface area contributed by atoms with Crippen molar-refractivity contribution in [3.63, 3.8) is 0 Å². The smallest absolute Gasteiger partial charge is 0.0910 e. The van der Waals surface area contributed by atoms with Gasteiger partial charge in [0.05, 0.1) is 12.9 Å². The van der Waals surface area contributed by atoms with Crippen LogP contribution in [0.2, 0.25) is 0 Å². The lowest BCUT2D eigenvalue weighted by molar-refractivity contribution is 0.547. The largest absolute Gasteiger partial charge is 0.354 e. The van der Waals surface area contributed by atoms with Crippen molar-refractivity contribution in [3.8, 4) is 0 Å². The molecule has 0 aromatic heterocycles. The lowest BCUT2D eigenvalue weighted by atomic mass is 10.4. The van der Waals surface area contributed by atoms with Crippen molar-refractivity contribution in [2.24, 2.45) is 4.99 Å². The van der Waals surface area contributed by atoms with Crippen molar-refractivity contribution in [1.29, 1.82) is 0 Å². The van der Waals surface area contributed by atoms with Crippen LogP contribution in [0, 0.1) is 6.54 Å². The zero-order chi connectivity index (χ0) is 6.53. The summed E-state index contributed by atoms with van der Waals surface area (Å²) in [5.74, 6) is 0. The van der Waals surface area contributed by atoms with E-state index in [4.69, 9.17) is 0 Å². The second kappa shape index (κ2) is 3.28. The molecule has 0 saturated carbocycles. The third kappa shape index (κ3) is 1.88. The first-order valence-electron chi connectivity index (χ1n) is 3.21. The summed E-state index contributed by atoms with van der Waals surface area (Å²) in [6.45, 7) is 5.20. The summed E-state index contributed by atoms with van der Waals surface area (Å²) in [5, 5.41) is 0. The van der Waals surface area contributed by atoms with E-state index in [2.05, 4.69) is 23.4 Å². The maximum Gasteiger partial charge on any atom is 0.0910 e. The number of rotatable bonds is 2. The van der Waals surface area contributed by atoms with Crippen LogP contribution < -0.4 is 0 Å². The molecule has 1 aliphatic rings. The van der Waals surface area contributed by atoms with Gasteiger partial charge in [-0.15, -0.1) is 0 Å². The Balaban J connectivity index is 2.28. The fraction of sp³-hybridized carbons (Fsp3) is 0.429. The van der Waals surface area contributed by atoms with Gasteiger partial charge in [0.2, 0.25) is 0 Å². The average Bonchev–Trinajstić information content (AvgIpc) is 1.91. The van der Waals surface area contributed by atoms with Crippen LogP contribution in [0.5, 0.6) is 0 Å². The van der Waals surface area contributed by atoms with Gasteiger partial charge in [0.25, 0.3) is 0 Å². The van der Waals surface area contributed by atoms with Crippen LogP contribution in [0.3, 0.4) is 0 Å². The molecule has 9 heavy (non-hydrogen) atoms. The van der Waals surface area contributed by atoms with Crippen LogP contribution >= 0.6 is 0 Å². The Bertz CT molecular complexity index is 127. The molecule has 1 aliphatic heterocycles. The van der Waals surface area contributed by atoms with Crippen LogP contribution in [-0.4, -0.2) is 17.8 Å². The topological polar surface area (TPSA) is 15.6 Å². The Kier molecular flexibility index (Phi) is 2.31. The fourth-order valence-corrected chi connectivity index (χ4v) is 0.757. The Morgan fingerprint density at radius 3 is 3.22 bits per heavy atom. The van der Waals surface area contributed by atoms with E-state index in [1.54, 1.807) is 0 Å². The highest BCUT2D eigenvalue weighted by atomic mass is 15.1. The molecule has 0 fully saturated rings. The van der Waals surface area contributed by atoms with Gasteiger partial charge in [0.1, 0.15) is 0 Å². The van der Waals surface area contributed by atoms with E-state index < -0.39 is 0 Å². The number of hydrogen-bond acceptors (Lipinski definition) is 2. The van der Waals surface area contributed by atoms with Gasteiger partial charge in [-0.05, 0) is 12.5 Å². The van der Waals surface area contributed by atoms with Crippen molar-refractivity contribution in [2.45, 2.75) is 13.3 Å². The molecule has 49 valence electrons. The maximum atomic E-state index is 3.97. The SMILES string of the molecule is CC[CH]N1C=NC=CC1. The molecule has 0 saturated heterocycles. The molecule has 0 aliphatic carbocycles. The Morgan fingerprint density at radius 2 is 2.67 bits per heavy atom. The number of hydrogen-bond donors (Lipinski definition) is 0. The van der Waals surface area contributed by atoms with E-state index in [9.17, 15) is 0 Å². The maximum absolute atomic E-state index is 3.97. The molecular formula is C7H11N2. The molecule has 0 unspecified atom stereocenters. The van der Waals surface area contributed by atoms with E-state index in [-0.39, 0.29) is 0 Å². The fourth-order valence-electron chi connectivity index (χ4n) is 0.757. The van der Waals surface area contributed by atoms with Crippen molar-refractivity contribution in [1.82, 2.24) is 4.90 Å². The van der Waals surface area contributed by atoms with Gasteiger partial charge in [-0.25, -0.2) is 4.99 Å². The Labute approximate surface area is 55.9 Å². The summed E-state index contributed by atoms with van der Waals surface area (Å²) in [5.41, 5.74) is 0. The molecular weight excluding hydrogens is 112 g/mol. The van der Waals surface area contributed by atoms with Gasteiger partial charge in [-0.1, -0.05) is 6.92 Å². The van der Waals surface area contributed by atoms with Gasteiger partial charge in [0.15, 0.2) is 0 Å². The van der Waals surface area contributed by atoms with Crippen LogP contribution in [0.15, 0.2) is 17.3 Å². The normalized spacial score (nSPS) is 16.8. The summed E-state index contributed by atoms with van der Waals surface area (Å²) in [6.07, 6.45) is 6.76. The van der Waals surface area contributed by atoms with Crippen molar-refractivity contribution in [2.75, 3.05) is 6.54 Å². The Morgan fingerprint density at radius 1 is 1.78 bits per heavy atom. The molecule has 0 N–H and O–H groups in total. The van der Waals surface area contributed by atoms with Crippen molar-refractivity contribution in [3.05, 3.63) is 18.8 Å². The highest BCUT2D eigenvalue weighted by Crippen LogP contribution is 1.97. The van der Waals surface area contributed by atoms with Gasteiger partial charge in [-0.2, -0.15) is 0 Å². The minimum Gasteiger partial charge on any atom is -0.354 e. The summed E-state index contributed by atoms with van der Waals surface area (Å²) >= 11 is 0. The van der Waals surface area contributed by atoms with E-state index in [1.807, 2.05) is 18.6 Å². The zero-order valence-electron chi connectivity index (χ0n) is 5.62. The van der Waals surface area contributed by atoms with Crippen LogP contribution in [0.25, 0.3) is 0 Å². The van der Waals surface area contributed by atoms with E-state index in [0.29, 0.717) is 0 Å². The zero-order valence-corrected chi connectivity index (χ0v) is 5.62. The molecule has 1 radical (unpaired) electrons. The number of aliphatic imine (C=N–C) groups is 1. The van der Waals surface area contributed by atoms with E-state index in [1.165, 1.54) is 0 Å². The monoisotopic (exact) mass is 123 g/mol. The lowest BCUT2D eigenvalue weighted by Crippen LogP contribution is -2.19. The predicted octanol–water partition coefficient (Wildman–Crippen LogP) is 1.42. The minimum atomic E-state index is 0.970. The molecule has 1 rings (SSSR count). The molecule has 0 aromatic rings.